The fraction of sp³-hybridized carbons (Fsp3) is 0.533. The number of carbonyl (C=O) groups is 3. The average Bonchev–Trinajstić information content (AvgIpc) is 3.00. The van der Waals surface area contributed by atoms with Crippen molar-refractivity contribution < 1.29 is 23.9 Å². The van der Waals surface area contributed by atoms with Crippen LogP contribution in [0.1, 0.15) is 36.4 Å². The van der Waals surface area contributed by atoms with Crippen molar-refractivity contribution >= 4 is 34.2 Å². The Bertz CT molecular complexity index is 544. The maximum absolute atomic E-state index is 12.2. The average molecular weight is 342 g/mol. The second-order valence-corrected chi connectivity index (χ2v) is 5.62. The first-order chi connectivity index (χ1) is 11.0. The van der Waals surface area contributed by atoms with Gasteiger partial charge in [-0.05, 0) is 32.4 Å². The molecule has 0 saturated carbocycles. The highest BCUT2D eigenvalue weighted by atomic mass is 32.1. The van der Waals surface area contributed by atoms with Gasteiger partial charge < -0.3 is 20.1 Å². The molecule has 0 aliphatic carbocycles. The van der Waals surface area contributed by atoms with Gasteiger partial charge in [-0.3, -0.25) is 9.59 Å². The Hall–Kier alpha value is -2.09. The fourth-order valence-electron chi connectivity index (χ4n) is 1.81. The summed E-state index contributed by atoms with van der Waals surface area (Å²) in [5.74, 6) is -1.35. The number of thiophene rings is 1. The third-order valence-electron chi connectivity index (χ3n) is 2.90. The maximum Gasteiger partial charge on any atom is 0.328 e. The number of amides is 1. The minimum absolute atomic E-state index is 0.0316. The molecule has 1 aromatic rings. The van der Waals surface area contributed by atoms with Crippen LogP contribution < -0.4 is 10.6 Å². The lowest BCUT2D eigenvalue weighted by Crippen LogP contribution is -2.42. The Balaban J connectivity index is 2.69. The molecule has 2 N–H and O–H groups in total. The quantitative estimate of drug-likeness (QED) is 0.665. The summed E-state index contributed by atoms with van der Waals surface area (Å²) in [5, 5.41) is 6.39. The van der Waals surface area contributed by atoms with Crippen LogP contribution in [-0.4, -0.2) is 44.1 Å². The molecule has 0 aromatic carbocycles. The van der Waals surface area contributed by atoms with Gasteiger partial charge >= 0.3 is 11.9 Å². The lowest BCUT2D eigenvalue weighted by molar-refractivity contribution is -0.146. The van der Waals surface area contributed by atoms with Gasteiger partial charge in [-0.15, -0.1) is 11.3 Å². The highest BCUT2D eigenvalue weighted by Crippen LogP contribution is 2.21. The zero-order valence-corrected chi connectivity index (χ0v) is 14.3. The molecule has 1 rings (SSSR count). The van der Waals surface area contributed by atoms with Crippen molar-refractivity contribution in [2.45, 2.75) is 32.7 Å². The van der Waals surface area contributed by atoms with Crippen LogP contribution in [-0.2, 0) is 19.1 Å². The minimum Gasteiger partial charge on any atom is -0.466 e. The Kier molecular flexibility index (Phi) is 8.10. The SMILES string of the molecule is CCOC(=O)CC[C@H](NC(=O)c1ccc(NC)s1)C(=O)OCC. The molecule has 1 atom stereocenters. The van der Waals surface area contributed by atoms with Crippen molar-refractivity contribution in [3.8, 4) is 0 Å². The zero-order valence-electron chi connectivity index (χ0n) is 13.5. The summed E-state index contributed by atoms with van der Waals surface area (Å²) < 4.78 is 9.77. The number of esters is 2. The molecule has 7 nitrogen and oxygen atoms in total. The number of nitrogens with one attached hydrogen (secondary N) is 2. The molecular weight excluding hydrogens is 320 g/mol. The van der Waals surface area contributed by atoms with Crippen LogP contribution in [0, 0.1) is 0 Å². The first kappa shape index (κ1) is 19.0. The zero-order chi connectivity index (χ0) is 17.2. The fourth-order valence-corrected chi connectivity index (χ4v) is 2.57. The molecule has 128 valence electrons. The topological polar surface area (TPSA) is 93.7 Å². The summed E-state index contributed by atoms with van der Waals surface area (Å²) in [6.45, 7) is 3.87. The summed E-state index contributed by atoms with van der Waals surface area (Å²) in [5.41, 5.74) is 0. The Morgan fingerprint density at radius 1 is 1.17 bits per heavy atom. The number of carbonyl (C=O) groups excluding carboxylic acids is 3. The third-order valence-corrected chi connectivity index (χ3v) is 4.00. The van der Waals surface area contributed by atoms with E-state index in [-0.39, 0.29) is 32.0 Å². The summed E-state index contributed by atoms with van der Waals surface area (Å²) in [4.78, 5) is 36.1. The van der Waals surface area contributed by atoms with Gasteiger partial charge in [0.1, 0.15) is 6.04 Å². The van der Waals surface area contributed by atoms with Gasteiger partial charge in [-0.25, -0.2) is 4.79 Å². The molecule has 0 aliphatic rings. The van der Waals surface area contributed by atoms with Crippen LogP contribution in [0.3, 0.4) is 0 Å². The van der Waals surface area contributed by atoms with E-state index in [1.165, 1.54) is 11.3 Å². The Labute approximate surface area is 139 Å². The summed E-state index contributed by atoms with van der Waals surface area (Å²) in [6, 6.07) is 2.56. The molecule has 0 spiro atoms. The summed E-state index contributed by atoms with van der Waals surface area (Å²) >= 11 is 1.27. The number of hydrogen-bond acceptors (Lipinski definition) is 7. The Morgan fingerprint density at radius 2 is 1.87 bits per heavy atom. The van der Waals surface area contributed by atoms with Crippen LogP contribution in [0.25, 0.3) is 0 Å². The number of rotatable bonds is 9. The van der Waals surface area contributed by atoms with Crippen molar-refractivity contribution in [3.05, 3.63) is 17.0 Å². The van der Waals surface area contributed by atoms with Gasteiger partial charge in [-0.1, -0.05) is 0 Å². The number of anilines is 1. The summed E-state index contributed by atoms with van der Waals surface area (Å²) in [6.07, 6.45) is 0.164. The molecule has 0 aliphatic heterocycles. The van der Waals surface area contributed by atoms with E-state index in [0.29, 0.717) is 4.88 Å². The van der Waals surface area contributed by atoms with E-state index in [2.05, 4.69) is 10.6 Å². The maximum atomic E-state index is 12.2. The van der Waals surface area contributed by atoms with Gasteiger partial charge in [0, 0.05) is 13.5 Å². The van der Waals surface area contributed by atoms with Crippen LogP contribution in [0.2, 0.25) is 0 Å². The van der Waals surface area contributed by atoms with Crippen LogP contribution in [0.5, 0.6) is 0 Å². The number of ether oxygens (including phenoxy) is 2. The van der Waals surface area contributed by atoms with Gasteiger partial charge in [0.05, 0.1) is 23.1 Å². The van der Waals surface area contributed by atoms with E-state index in [9.17, 15) is 14.4 Å². The highest BCUT2D eigenvalue weighted by Gasteiger charge is 2.24. The lowest BCUT2D eigenvalue weighted by Gasteiger charge is -2.16. The van der Waals surface area contributed by atoms with Crippen LogP contribution in [0.15, 0.2) is 12.1 Å². The summed E-state index contributed by atoms with van der Waals surface area (Å²) in [7, 11) is 1.76. The molecule has 0 fully saturated rings. The van der Waals surface area contributed by atoms with E-state index < -0.39 is 18.0 Å². The van der Waals surface area contributed by atoms with Crippen molar-refractivity contribution in [1.29, 1.82) is 0 Å². The van der Waals surface area contributed by atoms with Gasteiger partial charge in [0.2, 0.25) is 0 Å². The van der Waals surface area contributed by atoms with Crippen molar-refractivity contribution in [2.75, 3.05) is 25.6 Å². The monoisotopic (exact) mass is 342 g/mol. The molecule has 1 heterocycles. The predicted molar refractivity (Wildman–Crippen MR) is 87.6 cm³/mol. The standard InChI is InChI=1S/C15H22N2O5S/c1-4-21-13(18)9-6-10(15(20)22-5-2)17-14(19)11-7-8-12(16-3)23-11/h7-8,10,16H,4-6,9H2,1-3H3,(H,17,19)/t10-/m0/s1. The third kappa shape index (κ3) is 6.27. The predicted octanol–water partition coefficient (Wildman–Crippen LogP) is 1.79. The van der Waals surface area contributed by atoms with Gasteiger partial charge in [0.25, 0.3) is 5.91 Å². The normalized spacial score (nSPS) is 11.4. The lowest BCUT2D eigenvalue weighted by atomic mass is 10.1. The number of hydrogen-bond donors (Lipinski definition) is 2. The van der Waals surface area contributed by atoms with E-state index in [1.807, 2.05) is 0 Å². The molecule has 1 amide bonds. The molecule has 0 radical (unpaired) electrons. The largest absolute Gasteiger partial charge is 0.466 e. The van der Waals surface area contributed by atoms with Crippen LogP contribution in [0.4, 0.5) is 5.00 Å². The molecule has 0 saturated heterocycles. The van der Waals surface area contributed by atoms with Crippen LogP contribution >= 0.6 is 11.3 Å². The van der Waals surface area contributed by atoms with Gasteiger partial charge in [0.15, 0.2) is 0 Å². The molecule has 0 bridgehead atoms. The van der Waals surface area contributed by atoms with E-state index >= 15 is 0 Å². The second kappa shape index (κ2) is 9.83. The molecular formula is C15H22N2O5S. The molecule has 1 aromatic heterocycles. The Morgan fingerprint density at radius 3 is 2.43 bits per heavy atom. The molecule has 23 heavy (non-hydrogen) atoms. The molecule has 8 heteroatoms. The van der Waals surface area contributed by atoms with Crippen molar-refractivity contribution in [2.24, 2.45) is 0 Å². The second-order valence-electron chi connectivity index (χ2n) is 4.54. The van der Waals surface area contributed by atoms with E-state index in [4.69, 9.17) is 9.47 Å². The van der Waals surface area contributed by atoms with Crippen molar-refractivity contribution in [3.63, 3.8) is 0 Å². The van der Waals surface area contributed by atoms with E-state index in [0.717, 1.165) is 5.00 Å². The van der Waals surface area contributed by atoms with Gasteiger partial charge in [-0.2, -0.15) is 0 Å². The molecule has 0 unspecified atom stereocenters. The highest BCUT2D eigenvalue weighted by molar-refractivity contribution is 7.17. The first-order valence-electron chi connectivity index (χ1n) is 7.42. The smallest absolute Gasteiger partial charge is 0.328 e. The van der Waals surface area contributed by atoms with E-state index in [1.54, 1.807) is 33.0 Å². The van der Waals surface area contributed by atoms with Crippen molar-refractivity contribution in [1.82, 2.24) is 5.32 Å². The first-order valence-corrected chi connectivity index (χ1v) is 8.24. The minimum atomic E-state index is -0.882.